The first-order valence-corrected chi connectivity index (χ1v) is 2.76. The molecule has 0 fully saturated rings. The third-order valence-electron chi connectivity index (χ3n) is 0.939. The second kappa shape index (κ2) is 2.79. The van der Waals surface area contributed by atoms with Gasteiger partial charge in [0.1, 0.15) is 0 Å². The van der Waals surface area contributed by atoms with Gasteiger partial charge < -0.3 is 0 Å². The Bertz CT molecular complexity index is 155. The Balaban J connectivity index is 4.34. The fourth-order valence-electron chi connectivity index (χ4n) is 0.479. The van der Waals surface area contributed by atoms with Crippen molar-refractivity contribution >= 4 is 0 Å². The number of allylic oxidation sites excluding steroid dienone is 1. The van der Waals surface area contributed by atoms with Gasteiger partial charge in [-0.25, -0.2) is 0 Å². The van der Waals surface area contributed by atoms with Gasteiger partial charge in [-0.3, -0.25) is 0 Å². The number of alkyl halides is 5. The van der Waals surface area contributed by atoms with Crippen molar-refractivity contribution in [3.05, 3.63) is 12.2 Å². The van der Waals surface area contributed by atoms with Crippen LogP contribution in [0.5, 0.6) is 0 Å². The van der Waals surface area contributed by atoms with Crippen LogP contribution in [0.1, 0.15) is 13.3 Å². The van der Waals surface area contributed by atoms with Gasteiger partial charge in [0.15, 0.2) is 0 Å². The molecule has 0 aliphatic heterocycles. The summed E-state index contributed by atoms with van der Waals surface area (Å²) >= 11 is 0. The van der Waals surface area contributed by atoms with E-state index >= 15 is 0 Å². The normalized spacial score (nSPS) is 13.3. The summed E-state index contributed by atoms with van der Waals surface area (Å²) in [5.74, 6) is -4.64. The van der Waals surface area contributed by atoms with Crippen LogP contribution in [0.4, 0.5) is 22.0 Å². The van der Waals surface area contributed by atoms with Gasteiger partial charge in [-0.05, 0) is 6.92 Å². The first-order chi connectivity index (χ1) is 4.67. The fourth-order valence-corrected chi connectivity index (χ4v) is 0.479. The van der Waals surface area contributed by atoms with E-state index in [0.717, 1.165) is 6.92 Å². The highest BCUT2D eigenvalue weighted by atomic mass is 19.4. The maximum absolute atomic E-state index is 12.0. The molecule has 0 saturated carbocycles. The van der Waals surface area contributed by atoms with Crippen molar-refractivity contribution in [1.82, 2.24) is 0 Å². The van der Waals surface area contributed by atoms with Crippen LogP contribution in [-0.2, 0) is 0 Å². The van der Waals surface area contributed by atoms with Crippen molar-refractivity contribution in [2.75, 3.05) is 0 Å². The first-order valence-electron chi connectivity index (χ1n) is 2.76. The third kappa shape index (κ3) is 2.86. The lowest BCUT2D eigenvalue weighted by Crippen LogP contribution is -2.36. The molecule has 0 aromatic heterocycles. The highest BCUT2D eigenvalue weighted by Crippen LogP contribution is 2.39. The van der Waals surface area contributed by atoms with Crippen LogP contribution >= 0.6 is 0 Å². The third-order valence-corrected chi connectivity index (χ3v) is 0.939. The molecule has 0 N–H and O–H groups in total. The highest BCUT2D eigenvalue weighted by Gasteiger charge is 2.56. The van der Waals surface area contributed by atoms with Crippen LogP contribution in [-0.4, -0.2) is 12.1 Å². The maximum Gasteiger partial charge on any atom is 0.453 e. The molecule has 0 aromatic rings. The Kier molecular flexibility index (Phi) is 2.64. The van der Waals surface area contributed by atoms with E-state index in [2.05, 4.69) is 6.58 Å². The van der Waals surface area contributed by atoms with E-state index in [4.69, 9.17) is 0 Å². The lowest BCUT2D eigenvalue weighted by molar-refractivity contribution is -0.281. The minimum Gasteiger partial charge on any atom is -0.196 e. The Labute approximate surface area is 60.7 Å². The number of hydrogen-bond acceptors (Lipinski definition) is 0. The van der Waals surface area contributed by atoms with Crippen molar-refractivity contribution in [2.24, 2.45) is 0 Å². The predicted octanol–water partition coefficient (Wildman–Crippen LogP) is 3.15. The molecule has 0 rings (SSSR count). The Morgan fingerprint density at radius 1 is 1.18 bits per heavy atom. The van der Waals surface area contributed by atoms with Crippen molar-refractivity contribution in [3.8, 4) is 0 Å². The van der Waals surface area contributed by atoms with E-state index in [9.17, 15) is 22.0 Å². The lowest BCUT2D eigenvalue weighted by atomic mass is 10.1. The molecule has 0 atom stereocenters. The molecule has 0 spiro atoms. The Hall–Kier alpha value is -0.610. The highest BCUT2D eigenvalue weighted by molar-refractivity contribution is 4.96. The second-order valence-corrected chi connectivity index (χ2v) is 2.34. The fraction of sp³-hybridized carbons (Fsp3) is 0.667. The van der Waals surface area contributed by atoms with E-state index in [1.807, 2.05) is 0 Å². The van der Waals surface area contributed by atoms with E-state index in [0.29, 0.717) is 0 Å². The van der Waals surface area contributed by atoms with Crippen LogP contribution in [0.2, 0.25) is 0 Å². The zero-order valence-corrected chi connectivity index (χ0v) is 5.80. The van der Waals surface area contributed by atoms with Crippen LogP contribution in [0, 0.1) is 0 Å². The van der Waals surface area contributed by atoms with Crippen molar-refractivity contribution in [3.63, 3.8) is 0 Å². The molecule has 0 amide bonds. The summed E-state index contributed by atoms with van der Waals surface area (Å²) in [5.41, 5.74) is -0.188. The second-order valence-electron chi connectivity index (χ2n) is 2.34. The molecule has 0 bridgehead atoms. The van der Waals surface area contributed by atoms with Gasteiger partial charge in [0.2, 0.25) is 0 Å². The molecule has 11 heavy (non-hydrogen) atoms. The number of rotatable bonds is 2. The molecule has 0 unspecified atom stereocenters. The van der Waals surface area contributed by atoms with Gasteiger partial charge in [-0.2, -0.15) is 22.0 Å². The molecule has 5 heteroatoms. The maximum atomic E-state index is 12.0. The summed E-state index contributed by atoms with van der Waals surface area (Å²) in [6, 6.07) is 0. The molecule has 0 heterocycles. The average Bonchev–Trinajstić information content (AvgIpc) is 1.56. The van der Waals surface area contributed by atoms with Crippen LogP contribution < -0.4 is 0 Å². The molecule has 0 saturated heterocycles. The zero-order valence-electron chi connectivity index (χ0n) is 5.80. The Morgan fingerprint density at radius 2 is 1.55 bits per heavy atom. The monoisotopic (exact) mass is 174 g/mol. The smallest absolute Gasteiger partial charge is 0.196 e. The van der Waals surface area contributed by atoms with E-state index < -0.39 is 18.5 Å². The largest absolute Gasteiger partial charge is 0.453 e. The van der Waals surface area contributed by atoms with Crippen molar-refractivity contribution in [1.29, 1.82) is 0 Å². The van der Waals surface area contributed by atoms with Gasteiger partial charge in [-0.1, -0.05) is 12.2 Å². The topological polar surface area (TPSA) is 0 Å². The van der Waals surface area contributed by atoms with E-state index in [1.165, 1.54) is 0 Å². The summed E-state index contributed by atoms with van der Waals surface area (Å²) in [5, 5.41) is 0. The van der Waals surface area contributed by atoms with E-state index in [-0.39, 0.29) is 5.57 Å². The zero-order chi connectivity index (χ0) is 9.28. The van der Waals surface area contributed by atoms with Crippen LogP contribution in [0.15, 0.2) is 12.2 Å². The average molecular weight is 174 g/mol. The summed E-state index contributed by atoms with van der Waals surface area (Å²) in [4.78, 5) is 0. The van der Waals surface area contributed by atoms with Crippen LogP contribution in [0.25, 0.3) is 0 Å². The van der Waals surface area contributed by atoms with Gasteiger partial charge in [-0.15, -0.1) is 0 Å². The number of hydrogen-bond donors (Lipinski definition) is 0. The van der Waals surface area contributed by atoms with Gasteiger partial charge >= 0.3 is 12.1 Å². The molecule has 0 aliphatic rings. The lowest BCUT2D eigenvalue weighted by Gasteiger charge is -2.18. The van der Waals surface area contributed by atoms with Gasteiger partial charge in [0, 0.05) is 6.42 Å². The molecule has 0 aliphatic carbocycles. The Morgan fingerprint density at radius 3 is 1.64 bits per heavy atom. The SMILES string of the molecule is C=C(C)CC(F)(F)C(F)(F)F. The van der Waals surface area contributed by atoms with Crippen LogP contribution in [0.3, 0.4) is 0 Å². The molecule has 66 valence electrons. The standard InChI is InChI=1S/C6H7F5/c1-4(2)3-5(7,8)6(9,10)11/h1,3H2,2H3. The van der Waals surface area contributed by atoms with Crippen molar-refractivity contribution in [2.45, 2.75) is 25.4 Å². The molecule has 0 nitrogen and oxygen atoms in total. The van der Waals surface area contributed by atoms with Gasteiger partial charge in [0.05, 0.1) is 0 Å². The minimum absolute atomic E-state index is 0.188. The summed E-state index contributed by atoms with van der Waals surface area (Å²) in [6.07, 6.45) is -6.80. The summed E-state index contributed by atoms with van der Waals surface area (Å²) in [7, 11) is 0. The molecule has 0 radical (unpaired) electrons. The van der Waals surface area contributed by atoms with Crippen molar-refractivity contribution < 1.29 is 22.0 Å². The number of halogens is 5. The molecular weight excluding hydrogens is 167 g/mol. The summed E-state index contributed by atoms with van der Waals surface area (Å²) < 4.78 is 58.2. The minimum atomic E-state index is -5.47. The van der Waals surface area contributed by atoms with Gasteiger partial charge in [0.25, 0.3) is 0 Å². The van der Waals surface area contributed by atoms with E-state index in [1.54, 1.807) is 0 Å². The predicted molar refractivity (Wildman–Crippen MR) is 30.4 cm³/mol. The molecular formula is C6H7F5. The molecule has 0 aromatic carbocycles. The first kappa shape index (κ1) is 10.4. The summed E-state index contributed by atoms with van der Waals surface area (Å²) in [6.45, 7) is 4.10. The quantitative estimate of drug-likeness (QED) is 0.445.